The van der Waals surface area contributed by atoms with E-state index < -0.39 is 5.60 Å². The number of hydrogen-bond donors (Lipinski definition) is 1. The van der Waals surface area contributed by atoms with E-state index in [4.69, 9.17) is 0 Å². The number of benzene rings is 1. The summed E-state index contributed by atoms with van der Waals surface area (Å²) in [6, 6.07) is 8.83. The van der Waals surface area contributed by atoms with Crippen LogP contribution in [-0.2, 0) is 12.0 Å². The smallest absolute Gasteiger partial charge is 0.126 e. The molecule has 1 unspecified atom stereocenters. The topological polar surface area (TPSA) is 20.2 Å². The van der Waals surface area contributed by atoms with Gasteiger partial charge in [-0.25, -0.2) is 4.39 Å². The van der Waals surface area contributed by atoms with Crippen LogP contribution in [0.2, 0.25) is 0 Å². The van der Waals surface area contributed by atoms with Gasteiger partial charge in [-0.05, 0) is 42.5 Å². The minimum absolute atomic E-state index is 0.269. The second-order valence-electron chi connectivity index (χ2n) is 4.49. The molecule has 1 nitrogen and oxygen atoms in total. The van der Waals surface area contributed by atoms with Gasteiger partial charge in [-0.3, -0.25) is 0 Å². The second-order valence-corrected chi connectivity index (χ2v) is 5.53. The van der Waals surface area contributed by atoms with E-state index >= 15 is 0 Å². The average Bonchev–Trinajstić information content (AvgIpc) is 2.73. The first-order valence-corrected chi connectivity index (χ1v) is 6.38. The Morgan fingerprint density at radius 1 is 1.35 bits per heavy atom. The molecule has 1 aromatic carbocycles. The molecule has 0 saturated heterocycles. The summed E-state index contributed by atoms with van der Waals surface area (Å²) >= 11 is 1.60. The van der Waals surface area contributed by atoms with Gasteiger partial charge in [0.1, 0.15) is 5.82 Å². The lowest BCUT2D eigenvalue weighted by atomic mass is 9.91. The summed E-state index contributed by atoms with van der Waals surface area (Å²) in [4.78, 5) is 1.09. The zero-order valence-electron chi connectivity index (χ0n) is 9.90. The molecule has 0 spiro atoms. The van der Waals surface area contributed by atoms with Crippen molar-refractivity contribution in [3.05, 3.63) is 57.5 Å². The van der Waals surface area contributed by atoms with Gasteiger partial charge < -0.3 is 5.11 Å². The lowest BCUT2D eigenvalue weighted by Crippen LogP contribution is -2.24. The van der Waals surface area contributed by atoms with Crippen molar-refractivity contribution in [1.29, 1.82) is 0 Å². The largest absolute Gasteiger partial charge is 0.385 e. The van der Waals surface area contributed by atoms with E-state index in [1.54, 1.807) is 37.3 Å². The first kappa shape index (κ1) is 12.3. The first-order valence-electron chi connectivity index (χ1n) is 5.50. The SMILES string of the molecule is Cc1ccc(C(C)(O)Cc2cccs2)cc1F. The predicted molar refractivity (Wildman–Crippen MR) is 68.7 cm³/mol. The Balaban J connectivity index is 2.27. The van der Waals surface area contributed by atoms with Gasteiger partial charge in [0, 0.05) is 11.3 Å². The third-order valence-electron chi connectivity index (χ3n) is 2.89. The van der Waals surface area contributed by atoms with Crippen LogP contribution in [0.1, 0.15) is 22.9 Å². The van der Waals surface area contributed by atoms with Crippen molar-refractivity contribution in [3.63, 3.8) is 0 Å². The van der Waals surface area contributed by atoms with Gasteiger partial charge in [0.25, 0.3) is 0 Å². The molecule has 3 heteroatoms. The quantitative estimate of drug-likeness (QED) is 0.881. The summed E-state index contributed by atoms with van der Waals surface area (Å²) in [5.41, 5.74) is 0.189. The monoisotopic (exact) mass is 250 g/mol. The Labute approximate surface area is 105 Å². The van der Waals surface area contributed by atoms with E-state index in [1.807, 2.05) is 17.5 Å². The Morgan fingerprint density at radius 3 is 2.71 bits per heavy atom. The number of thiophene rings is 1. The van der Waals surface area contributed by atoms with Gasteiger partial charge in [0.2, 0.25) is 0 Å². The molecule has 1 N–H and O–H groups in total. The summed E-state index contributed by atoms with van der Waals surface area (Å²) < 4.78 is 13.5. The van der Waals surface area contributed by atoms with E-state index in [-0.39, 0.29) is 5.82 Å². The molecule has 0 amide bonds. The van der Waals surface area contributed by atoms with Gasteiger partial charge in [0.05, 0.1) is 5.60 Å². The molecule has 0 aliphatic carbocycles. The standard InChI is InChI=1S/C14H15FOS/c1-10-5-6-11(8-13(10)15)14(2,16)9-12-4-3-7-17-12/h3-8,16H,9H2,1-2H3. The Bertz CT molecular complexity index is 503. The maximum absolute atomic E-state index is 13.5. The summed E-state index contributed by atoms with van der Waals surface area (Å²) in [7, 11) is 0. The van der Waals surface area contributed by atoms with Crippen LogP contribution >= 0.6 is 11.3 Å². The number of aliphatic hydroxyl groups is 1. The molecule has 17 heavy (non-hydrogen) atoms. The lowest BCUT2D eigenvalue weighted by molar-refractivity contribution is 0.0581. The number of hydrogen-bond acceptors (Lipinski definition) is 2. The summed E-state index contributed by atoms with van der Waals surface area (Å²) in [5.74, 6) is -0.269. The minimum Gasteiger partial charge on any atom is -0.385 e. The Kier molecular flexibility index (Phi) is 3.31. The normalized spacial score (nSPS) is 14.6. The molecule has 0 saturated carbocycles. The van der Waals surface area contributed by atoms with Crippen molar-refractivity contribution >= 4 is 11.3 Å². The van der Waals surface area contributed by atoms with Crippen LogP contribution in [0.4, 0.5) is 4.39 Å². The molecular formula is C14H15FOS. The van der Waals surface area contributed by atoms with Crippen LogP contribution in [0.3, 0.4) is 0 Å². The third-order valence-corrected chi connectivity index (χ3v) is 3.77. The molecule has 2 rings (SSSR count). The highest BCUT2D eigenvalue weighted by atomic mass is 32.1. The molecule has 0 fully saturated rings. The van der Waals surface area contributed by atoms with Gasteiger partial charge in [-0.2, -0.15) is 0 Å². The molecule has 0 bridgehead atoms. The van der Waals surface area contributed by atoms with Crippen molar-refractivity contribution in [1.82, 2.24) is 0 Å². The molecular weight excluding hydrogens is 235 g/mol. The number of aryl methyl sites for hydroxylation is 1. The fourth-order valence-corrected chi connectivity index (χ4v) is 2.64. The molecule has 1 aromatic heterocycles. The third kappa shape index (κ3) is 2.73. The van der Waals surface area contributed by atoms with Gasteiger partial charge in [-0.15, -0.1) is 11.3 Å². The molecule has 1 heterocycles. The Hall–Kier alpha value is -1.19. The highest BCUT2D eigenvalue weighted by molar-refractivity contribution is 7.09. The minimum atomic E-state index is -1.03. The van der Waals surface area contributed by atoms with E-state index in [1.165, 1.54) is 6.07 Å². The fraction of sp³-hybridized carbons (Fsp3) is 0.286. The highest BCUT2D eigenvalue weighted by Crippen LogP contribution is 2.28. The fourth-order valence-electron chi connectivity index (χ4n) is 1.78. The number of rotatable bonds is 3. The van der Waals surface area contributed by atoms with Crippen LogP contribution < -0.4 is 0 Å². The molecule has 90 valence electrons. The van der Waals surface area contributed by atoms with Crippen molar-refractivity contribution < 1.29 is 9.50 Å². The molecule has 0 aliphatic rings. The predicted octanol–water partition coefficient (Wildman–Crippen LogP) is 3.65. The van der Waals surface area contributed by atoms with Crippen molar-refractivity contribution in [2.45, 2.75) is 25.9 Å². The maximum atomic E-state index is 13.5. The maximum Gasteiger partial charge on any atom is 0.126 e. The van der Waals surface area contributed by atoms with Gasteiger partial charge in [0.15, 0.2) is 0 Å². The van der Waals surface area contributed by atoms with Crippen LogP contribution in [0.25, 0.3) is 0 Å². The van der Waals surface area contributed by atoms with Crippen molar-refractivity contribution in [2.24, 2.45) is 0 Å². The summed E-state index contributed by atoms with van der Waals surface area (Å²) in [6.45, 7) is 3.43. The number of halogens is 1. The lowest BCUT2D eigenvalue weighted by Gasteiger charge is -2.23. The van der Waals surface area contributed by atoms with E-state index in [0.29, 0.717) is 17.5 Å². The van der Waals surface area contributed by atoms with Gasteiger partial charge >= 0.3 is 0 Å². The van der Waals surface area contributed by atoms with E-state index in [9.17, 15) is 9.50 Å². The van der Waals surface area contributed by atoms with Crippen LogP contribution in [0.5, 0.6) is 0 Å². The average molecular weight is 250 g/mol. The zero-order chi connectivity index (χ0) is 12.5. The molecule has 0 aliphatic heterocycles. The van der Waals surface area contributed by atoms with E-state index in [0.717, 1.165) is 4.88 Å². The van der Waals surface area contributed by atoms with Gasteiger partial charge in [-0.1, -0.05) is 18.2 Å². The highest BCUT2D eigenvalue weighted by Gasteiger charge is 2.24. The van der Waals surface area contributed by atoms with Crippen LogP contribution in [0, 0.1) is 12.7 Å². The molecule has 2 aromatic rings. The van der Waals surface area contributed by atoms with E-state index in [2.05, 4.69) is 0 Å². The van der Waals surface area contributed by atoms with Crippen LogP contribution in [0.15, 0.2) is 35.7 Å². The summed E-state index contributed by atoms with van der Waals surface area (Å²) in [6.07, 6.45) is 0.507. The zero-order valence-corrected chi connectivity index (χ0v) is 10.7. The Morgan fingerprint density at radius 2 is 2.12 bits per heavy atom. The summed E-state index contributed by atoms with van der Waals surface area (Å²) in [5, 5.41) is 12.4. The molecule has 0 radical (unpaired) electrons. The first-order chi connectivity index (χ1) is 7.99. The van der Waals surface area contributed by atoms with Crippen molar-refractivity contribution in [2.75, 3.05) is 0 Å². The van der Waals surface area contributed by atoms with Crippen LogP contribution in [-0.4, -0.2) is 5.11 Å². The second kappa shape index (κ2) is 4.59. The molecule has 1 atom stereocenters. The van der Waals surface area contributed by atoms with Crippen molar-refractivity contribution in [3.8, 4) is 0 Å².